The molecule has 0 unspecified atom stereocenters. The Morgan fingerprint density at radius 2 is 1.33 bits per heavy atom. The summed E-state index contributed by atoms with van der Waals surface area (Å²) >= 11 is 0. The Labute approximate surface area is 145 Å². The molecule has 14 heteroatoms. The third kappa shape index (κ3) is 3.53. The van der Waals surface area contributed by atoms with E-state index >= 15 is 0 Å². The first kappa shape index (κ1) is 19.4. The molecule has 0 saturated heterocycles. The molecule has 1 aromatic carbocycles. The fraction of sp³-hybridized carbons (Fsp3) is 0. The van der Waals surface area contributed by atoms with Crippen molar-refractivity contribution < 1.29 is 37.4 Å². The molecule has 0 saturated carbocycles. The monoisotopic (exact) mass is 388 g/mol. The zero-order chi connectivity index (χ0) is 20.5. The van der Waals surface area contributed by atoms with Crippen molar-refractivity contribution in [1.82, 2.24) is 19.9 Å². The molecular formula is C13H8F4N6O4. The standard InChI is InChI=1S/C8H2F4O4.C5H6N6/c9-3-1(7(13)14)4(10)6(12)2(5(3)11)8(15)16;6-3-2-4(9-1-8-2)11-5(7)10-3/h(H,13,14)(H,15,16);1H,(H5,6,7,8,9,10,11). The van der Waals surface area contributed by atoms with E-state index in [1.54, 1.807) is 0 Å². The fourth-order valence-electron chi connectivity index (χ4n) is 1.88. The predicted molar refractivity (Wildman–Crippen MR) is 80.7 cm³/mol. The van der Waals surface area contributed by atoms with Crippen LogP contribution in [-0.2, 0) is 0 Å². The van der Waals surface area contributed by atoms with Crippen LogP contribution in [0.15, 0.2) is 6.33 Å². The van der Waals surface area contributed by atoms with Gasteiger partial charge in [-0.25, -0.2) is 32.1 Å². The van der Waals surface area contributed by atoms with Crippen LogP contribution in [0, 0.1) is 23.3 Å². The Morgan fingerprint density at radius 1 is 0.889 bits per heavy atom. The van der Waals surface area contributed by atoms with Crippen molar-refractivity contribution in [2.24, 2.45) is 0 Å². The Morgan fingerprint density at radius 3 is 1.74 bits per heavy atom. The first-order valence-electron chi connectivity index (χ1n) is 6.60. The number of nitrogens with one attached hydrogen (secondary N) is 1. The molecule has 0 atom stereocenters. The minimum Gasteiger partial charge on any atom is -0.477 e. The maximum absolute atomic E-state index is 12.9. The Hall–Kier alpha value is -3.97. The van der Waals surface area contributed by atoms with Gasteiger partial charge < -0.3 is 26.7 Å². The van der Waals surface area contributed by atoms with E-state index in [0.717, 1.165) is 0 Å². The second-order valence-electron chi connectivity index (χ2n) is 4.68. The number of nitrogens with zero attached hydrogens (tertiary/aromatic N) is 3. The van der Waals surface area contributed by atoms with Gasteiger partial charge in [0.05, 0.1) is 6.33 Å². The Bertz CT molecular complexity index is 997. The summed E-state index contributed by atoms with van der Waals surface area (Å²) in [7, 11) is 0. The summed E-state index contributed by atoms with van der Waals surface area (Å²) in [5.41, 5.74) is 8.20. The number of carboxylic acids is 2. The molecule has 7 N–H and O–H groups in total. The SMILES string of the molecule is Nc1nc(N)c2[nH]cnc2n1.O=C(O)c1c(F)c(F)c(C(=O)O)c(F)c1F. The van der Waals surface area contributed by atoms with Gasteiger partial charge in [0, 0.05) is 0 Å². The maximum Gasteiger partial charge on any atom is 0.341 e. The van der Waals surface area contributed by atoms with Crippen molar-refractivity contribution in [2.45, 2.75) is 0 Å². The first-order valence-corrected chi connectivity index (χ1v) is 6.60. The number of rotatable bonds is 2. The van der Waals surface area contributed by atoms with Crippen LogP contribution >= 0.6 is 0 Å². The lowest BCUT2D eigenvalue weighted by Gasteiger charge is -2.05. The van der Waals surface area contributed by atoms with E-state index in [0.29, 0.717) is 17.0 Å². The molecule has 0 fully saturated rings. The average Bonchev–Trinajstić information content (AvgIpc) is 3.02. The van der Waals surface area contributed by atoms with Gasteiger partial charge in [-0.05, 0) is 0 Å². The number of benzene rings is 1. The number of imidazole rings is 1. The molecule has 2 aromatic heterocycles. The number of fused-ring (bicyclic) bond motifs is 1. The molecule has 3 aromatic rings. The summed E-state index contributed by atoms with van der Waals surface area (Å²) in [5, 5.41) is 16.5. The molecule has 0 aliphatic rings. The number of nitrogens with two attached hydrogens (primary N) is 2. The van der Waals surface area contributed by atoms with Gasteiger partial charge in [0.25, 0.3) is 0 Å². The van der Waals surface area contributed by atoms with Gasteiger partial charge in [-0.1, -0.05) is 0 Å². The van der Waals surface area contributed by atoms with Crippen molar-refractivity contribution >= 4 is 34.9 Å². The summed E-state index contributed by atoms with van der Waals surface area (Å²) in [6, 6.07) is 0. The summed E-state index contributed by atoms with van der Waals surface area (Å²) in [5.74, 6) is -13.1. The molecule has 10 nitrogen and oxygen atoms in total. The van der Waals surface area contributed by atoms with E-state index in [1.807, 2.05) is 0 Å². The molecule has 0 radical (unpaired) electrons. The van der Waals surface area contributed by atoms with Gasteiger partial charge in [-0.3, -0.25) is 0 Å². The van der Waals surface area contributed by atoms with E-state index in [1.165, 1.54) is 6.33 Å². The number of aromatic carboxylic acids is 2. The van der Waals surface area contributed by atoms with Crippen LogP contribution in [-0.4, -0.2) is 42.1 Å². The third-order valence-electron chi connectivity index (χ3n) is 3.02. The van der Waals surface area contributed by atoms with Crippen molar-refractivity contribution in [3.05, 3.63) is 40.7 Å². The molecule has 0 spiro atoms. The highest BCUT2D eigenvalue weighted by molar-refractivity contribution is 5.92. The lowest BCUT2D eigenvalue weighted by Crippen LogP contribution is -2.15. The van der Waals surface area contributed by atoms with Crippen molar-refractivity contribution in [3.63, 3.8) is 0 Å². The number of anilines is 2. The number of aromatic amines is 1. The summed E-state index contributed by atoms with van der Waals surface area (Å²) in [6.45, 7) is 0. The molecule has 3 rings (SSSR count). The van der Waals surface area contributed by atoms with Crippen LogP contribution in [0.2, 0.25) is 0 Å². The lowest BCUT2D eigenvalue weighted by atomic mass is 10.1. The fourth-order valence-corrected chi connectivity index (χ4v) is 1.88. The summed E-state index contributed by atoms with van der Waals surface area (Å²) in [6.07, 6.45) is 1.50. The third-order valence-corrected chi connectivity index (χ3v) is 3.02. The van der Waals surface area contributed by atoms with Crippen molar-refractivity contribution in [2.75, 3.05) is 11.5 Å². The van der Waals surface area contributed by atoms with Gasteiger partial charge in [0.15, 0.2) is 34.7 Å². The minimum absolute atomic E-state index is 0.141. The van der Waals surface area contributed by atoms with Crippen LogP contribution in [0.3, 0.4) is 0 Å². The number of halogens is 4. The second-order valence-corrected chi connectivity index (χ2v) is 4.68. The van der Waals surface area contributed by atoms with Crippen LogP contribution in [0.5, 0.6) is 0 Å². The van der Waals surface area contributed by atoms with Gasteiger partial charge in [0.2, 0.25) is 5.95 Å². The lowest BCUT2D eigenvalue weighted by molar-refractivity contribution is 0.0658. The number of nitrogen functional groups attached to an aromatic ring is 2. The first-order chi connectivity index (χ1) is 12.6. The quantitative estimate of drug-likeness (QED) is 0.318. The van der Waals surface area contributed by atoms with Crippen molar-refractivity contribution in [3.8, 4) is 0 Å². The highest BCUT2D eigenvalue weighted by Gasteiger charge is 2.32. The number of carbonyl (C=O) groups is 2. The van der Waals surface area contributed by atoms with Crippen LogP contribution in [0.25, 0.3) is 11.2 Å². The largest absolute Gasteiger partial charge is 0.477 e. The number of aromatic nitrogens is 4. The summed E-state index contributed by atoms with van der Waals surface area (Å²) in [4.78, 5) is 34.8. The smallest absolute Gasteiger partial charge is 0.341 e. The average molecular weight is 388 g/mol. The summed E-state index contributed by atoms with van der Waals surface area (Å²) < 4.78 is 51.6. The molecule has 142 valence electrons. The van der Waals surface area contributed by atoms with Gasteiger partial charge in [-0.15, -0.1) is 0 Å². The molecule has 27 heavy (non-hydrogen) atoms. The van der Waals surface area contributed by atoms with E-state index in [2.05, 4.69) is 19.9 Å². The van der Waals surface area contributed by atoms with Gasteiger partial charge in [0.1, 0.15) is 16.6 Å². The van der Waals surface area contributed by atoms with E-state index in [4.69, 9.17) is 21.7 Å². The van der Waals surface area contributed by atoms with Crippen LogP contribution in [0.1, 0.15) is 20.7 Å². The maximum atomic E-state index is 12.9. The number of carboxylic acid groups (broad SMARTS) is 2. The van der Waals surface area contributed by atoms with Crippen LogP contribution in [0.4, 0.5) is 29.3 Å². The predicted octanol–water partition coefficient (Wildman–Crippen LogP) is 1.16. The molecule has 0 aliphatic carbocycles. The molecule has 0 bridgehead atoms. The molecule has 0 aliphatic heterocycles. The number of hydrogen-bond acceptors (Lipinski definition) is 7. The molecule has 0 amide bonds. The normalized spacial score (nSPS) is 10.4. The Balaban J connectivity index is 0.000000206. The number of H-pyrrole nitrogens is 1. The zero-order valence-corrected chi connectivity index (χ0v) is 12.8. The number of hydrogen-bond donors (Lipinski definition) is 5. The van der Waals surface area contributed by atoms with Crippen LogP contribution < -0.4 is 11.5 Å². The van der Waals surface area contributed by atoms with Gasteiger partial charge >= 0.3 is 11.9 Å². The van der Waals surface area contributed by atoms with E-state index in [-0.39, 0.29) is 5.95 Å². The molecular weight excluding hydrogens is 380 g/mol. The van der Waals surface area contributed by atoms with Gasteiger partial charge in [-0.2, -0.15) is 9.97 Å². The minimum atomic E-state index is -2.26. The highest BCUT2D eigenvalue weighted by Crippen LogP contribution is 2.24. The highest BCUT2D eigenvalue weighted by atomic mass is 19.2. The van der Waals surface area contributed by atoms with E-state index < -0.39 is 46.3 Å². The Kier molecular flexibility index (Phi) is 5.09. The molecule has 2 heterocycles. The zero-order valence-electron chi connectivity index (χ0n) is 12.8. The van der Waals surface area contributed by atoms with Crippen molar-refractivity contribution in [1.29, 1.82) is 0 Å². The van der Waals surface area contributed by atoms with E-state index in [9.17, 15) is 27.2 Å². The second kappa shape index (κ2) is 7.11. The topological polar surface area (TPSA) is 181 Å².